The van der Waals surface area contributed by atoms with Crippen molar-refractivity contribution in [3.8, 4) is 73.6 Å². The maximum atomic E-state index is 5.60. The maximum Gasteiger partial charge on any atom is 0.238 e. The quantitative estimate of drug-likeness (QED) is 0.156. The third-order valence-corrected chi connectivity index (χ3v) is 17.6. The van der Waals surface area contributed by atoms with Crippen molar-refractivity contribution in [1.82, 2.24) is 29.5 Å². The van der Waals surface area contributed by atoms with Crippen LogP contribution in [0.4, 0.5) is 0 Å². The van der Waals surface area contributed by atoms with Crippen LogP contribution in [0.1, 0.15) is 0 Å². The van der Waals surface area contributed by atoms with Crippen LogP contribution in [0.3, 0.4) is 0 Å². The van der Waals surface area contributed by atoms with Crippen LogP contribution in [0.2, 0.25) is 13.1 Å². The van der Waals surface area contributed by atoms with Gasteiger partial charge in [-0.2, -0.15) is 9.97 Å². The molecule has 0 saturated heterocycles. The maximum absolute atomic E-state index is 5.60. The molecular weight excluding hydrogens is 829 g/mol. The van der Waals surface area contributed by atoms with E-state index in [4.69, 9.17) is 24.9 Å². The van der Waals surface area contributed by atoms with E-state index in [1.807, 2.05) is 72.0 Å². The highest BCUT2D eigenvalue weighted by Gasteiger charge is 2.41. The second kappa shape index (κ2) is 14.6. The van der Waals surface area contributed by atoms with Crippen LogP contribution < -0.4 is 10.5 Å². The summed E-state index contributed by atoms with van der Waals surface area (Å²) in [6, 6.07) is 68.6. The first-order valence-electron chi connectivity index (χ1n) is 21.9. The zero-order valence-electron chi connectivity index (χ0n) is 35.6. The lowest BCUT2D eigenvalue weighted by Crippen LogP contribution is -2.50. The number of hydrogen-bond acceptors (Lipinski definition) is 6. The van der Waals surface area contributed by atoms with E-state index >= 15 is 0 Å². The number of rotatable bonds is 6. The molecule has 12 aromatic rings. The Bertz CT molecular complexity index is 3820. The van der Waals surface area contributed by atoms with E-state index in [9.17, 15) is 0 Å². The molecule has 65 heavy (non-hydrogen) atoms. The zero-order valence-corrected chi connectivity index (χ0v) is 37.4. The van der Waals surface area contributed by atoms with Crippen LogP contribution >= 0.6 is 11.3 Å². The monoisotopic (exact) mass is 866 g/mol. The van der Waals surface area contributed by atoms with Gasteiger partial charge in [-0.05, 0) is 58.3 Å². The highest BCUT2D eigenvalue weighted by atomic mass is 32.1. The molecule has 0 saturated carbocycles. The van der Waals surface area contributed by atoms with Gasteiger partial charge >= 0.3 is 0 Å². The van der Waals surface area contributed by atoms with Crippen molar-refractivity contribution in [2.24, 2.45) is 0 Å². The van der Waals surface area contributed by atoms with E-state index in [0.29, 0.717) is 17.6 Å². The lowest BCUT2D eigenvalue weighted by Gasteiger charge is -2.19. The molecule has 4 aromatic heterocycles. The van der Waals surface area contributed by atoms with Crippen LogP contribution in [-0.4, -0.2) is 37.6 Å². The largest absolute Gasteiger partial charge is 0.278 e. The number of nitrogens with zero attached hydrogens (tertiary/aromatic N) is 6. The molecule has 13 rings (SSSR count). The Hall–Kier alpha value is -7.91. The molecule has 0 atom stereocenters. The Morgan fingerprint density at radius 3 is 1.82 bits per heavy atom. The van der Waals surface area contributed by atoms with Crippen LogP contribution in [0.15, 0.2) is 194 Å². The van der Waals surface area contributed by atoms with Crippen molar-refractivity contribution in [2.75, 3.05) is 0 Å². The van der Waals surface area contributed by atoms with E-state index in [0.717, 1.165) is 61.1 Å². The Morgan fingerprint density at radius 2 is 1.02 bits per heavy atom. The van der Waals surface area contributed by atoms with E-state index in [1.54, 1.807) is 0 Å². The molecule has 0 radical (unpaired) electrons. The Kier molecular flexibility index (Phi) is 8.43. The molecule has 0 amide bonds. The number of hydrogen-bond donors (Lipinski definition) is 0. The molecule has 0 unspecified atom stereocenters. The van der Waals surface area contributed by atoms with Crippen molar-refractivity contribution in [3.63, 3.8) is 0 Å². The lowest BCUT2D eigenvalue weighted by atomic mass is 9.96. The molecule has 1 aliphatic rings. The summed E-state index contributed by atoms with van der Waals surface area (Å²) in [7, 11) is -2.22. The van der Waals surface area contributed by atoms with Gasteiger partial charge in [-0.15, -0.1) is 11.3 Å². The Morgan fingerprint density at radius 1 is 0.415 bits per heavy atom. The summed E-state index contributed by atoms with van der Waals surface area (Å²) < 4.78 is 4.77. The fraction of sp³-hybridized carbons (Fsp3) is 0.0351. The van der Waals surface area contributed by atoms with E-state index in [1.165, 1.54) is 47.4 Å². The number of fused-ring (bicyclic) bond motifs is 9. The van der Waals surface area contributed by atoms with Gasteiger partial charge < -0.3 is 0 Å². The van der Waals surface area contributed by atoms with Gasteiger partial charge in [-0.25, -0.2) is 15.0 Å². The van der Waals surface area contributed by atoms with Gasteiger partial charge in [-0.1, -0.05) is 171 Å². The van der Waals surface area contributed by atoms with Crippen LogP contribution in [0.5, 0.6) is 0 Å². The highest BCUT2D eigenvalue weighted by Crippen LogP contribution is 2.43. The molecule has 6 nitrogen and oxygen atoms in total. The normalized spacial score (nSPS) is 12.9. The van der Waals surface area contributed by atoms with Crippen molar-refractivity contribution in [2.45, 2.75) is 13.1 Å². The summed E-state index contributed by atoms with van der Waals surface area (Å²) >= 11 is 1.86. The molecule has 0 aliphatic carbocycles. The van der Waals surface area contributed by atoms with Crippen molar-refractivity contribution < 1.29 is 0 Å². The first-order chi connectivity index (χ1) is 32.0. The lowest BCUT2D eigenvalue weighted by molar-refractivity contribution is 0.953. The van der Waals surface area contributed by atoms with Crippen molar-refractivity contribution in [1.29, 1.82) is 0 Å². The third-order valence-electron chi connectivity index (χ3n) is 13.0. The predicted octanol–water partition coefficient (Wildman–Crippen LogP) is 13.3. The first-order valence-corrected chi connectivity index (χ1v) is 25.7. The molecule has 306 valence electrons. The SMILES string of the molecule is C[Si]1(C)c2ccccc2-c2c(-c3cccc(-c4cccc5c4sc4ccccc45)c3)nc(-c3ccc4c(c3)c3ccccc3n4-c3nc(-c4ccccc4)nc(-c4ccccc4)n3)nc21. The fourth-order valence-corrected chi connectivity index (χ4v) is 14.1. The predicted molar refractivity (Wildman–Crippen MR) is 272 cm³/mol. The van der Waals surface area contributed by atoms with Gasteiger partial charge in [0, 0.05) is 64.1 Å². The molecule has 8 aromatic carbocycles. The average molecular weight is 867 g/mol. The van der Waals surface area contributed by atoms with Gasteiger partial charge in [0.2, 0.25) is 5.95 Å². The summed E-state index contributed by atoms with van der Waals surface area (Å²) in [5, 5.41) is 7.33. The minimum atomic E-state index is -2.22. The fourth-order valence-electron chi connectivity index (χ4n) is 9.91. The Labute approximate surface area is 380 Å². The topological polar surface area (TPSA) is 69.4 Å². The number of benzene rings is 8. The average Bonchev–Trinajstić information content (AvgIpc) is 3.99. The smallest absolute Gasteiger partial charge is 0.238 e. The summed E-state index contributed by atoms with van der Waals surface area (Å²) in [4.78, 5) is 26.5. The number of thiophene rings is 1. The van der Waals surface area contributed by atoms with E-state index < -0.39 is 8.07 Å². The first kappa shape index (κ1) is 37.6. The van der Waals surface area contributed by atoms with Gasteiger partial charge in [0.15, 0.2) is 17.5 Å². The minimum absolute atomic E-state index is 0.560. The second-order valence-electron chi connectivity index (χ2n) is 17.3. The standard InChI is InChI=1S/C57H38N6SSi/c1-65(2)49-30-14-11-25-44(49)50-51(38-22-15-21-37(33-38)40-26-16-27-43-42-24-10-13-29-48(42)64-52(40)43)58-55(60-56(50)65)39-31-32-47-45(34-39)41-23-9-12-28-46(41)63(47)57-61-53(35-17-5-3-6-18-35)59-54(62-57)36-19-7-4-8-20-36/h3-34H,1-2H3. The molecule has 5 heterocycles. The van der Waals surface area contributed by atoms with Crippen molar-refractivity contribution in [3.05, 3.63) is 194 Å². The number of para-hydroxylation sites is 1. The molecule has 0 N–H and O–H groups in total. The molecular formula is C57H38N6SSi. The molecule has 1 aliphatic heterocycles. The molecule has 0 spiro atoms. The molecule has 8 heteroatoms. The van der Waals surface area contributed by atoms with Crippen molar-refractivity contribution >= 4 is 71.9 Å². The van der Waals surface area contributed by atoms with Crippen LogP contribution in [0, 0.1) is 0 Å². The molecule has 0 bridgehead atoms. The van der Waals surface area contributed by atoms with Crippen LogP contribution in [-0.2, 0) is 0 Å². The second-order valence-corrected chi connectivity index (χ2v) is 22.6. The summed E-state index contributed by atoms with van der Waals surface area (Å²) in [5.41, 5.74) is 11.7. The molecule has 0 fully saturated rings. The van der Waals surface area contributed by atoms with E-state index in [2.05, 4.69) is 151 Å². The van der Waals surface area contributed by atoms with Gasteiger partial charge in [0.05, 0.1) is 16.7 Å². The van der Waals surface area contributed by atoms with Gasteiger partial charge in [0.1, 0.15) is 8.07 Å². The van der Waals surface area contributed by atoms with Gasteiger partial charge in [0.25, 0.3) is 0 Å². The zero-order chi connectivity index (χ0) is 43.2. The summed E-state index contributed by atoms with van der Waals surface area (Å²) in [6.07, 6.45) is 0. The van der Waals surface area contributed by atoms with Gasteiger partial charge in [-0.3, -0.25) is 4.57 Å². The summed E-state index contributed by atoms with van der Waals surface area (Å²) in [6.45, 7) is 4.85. The number of aromatic nitrogens is 6. The summed E-state index contributed by atoms with van der Waals surface area (Å²) in [5.74, 6) is 2.52. The third kappa shape index (κ3) is 5.95. The Balaban J connectivity index is 1.01. The highest BCUT2D eigenvalue weighted by molar-refractivity contribution is 7.26. The van der Waals surface area contributed by atoms with Crippen LogP contribution in [0.25, 0.3) is 116 Å². The minimum Gasteiger partial charge on any atom is -0.278 e. The van der Waals surface area contributed by atoms with E-state index in [-0.39, 0.29) is 0 Å².